The maximum absolute atomic E-state index is 5.80. The first-order chi connectivity index (χ1) is 5.77. The van der Waals surface area contributed by atoms with Crippen molar-refractivity contribution in [2.45, 2.75) is 32.3 Å². The molecule has 1 nitrogen and oxygen atoms in total. The lowest BCUT2D eigenvalue weighted by Gasteiger charge is -2.26. The molecule has 0 N–H and O–H groups in total. The first-order valence-electron chi connectivity index (χ1n) is 4.52. The summed E-state index contributed by atoms with van der Waals surface area (Å²) in [5, 5.41) is 0. The average molecular weight is 184 g/mol. The molecule has 1 aliphatic rings. The Labute approximate surface area is 76.8 Å². The third kappa shape index (κ3) is 3.08. The maximum Gasteiger partial charge on any atom is 0.0910 e. The maximum atomic E-state index is 5.80. The molecule has 0 radical (unpaired) electrons. The fourth-order valence-electron chi connectivity index (χ4n) is 1.10. The molecule has 12 heavy (non-hydrogen) atoms. The second kappa shape index (κ2) is 4.79. The van der Waals surface area contributed by atoms with Gasteiger partial charge in [-0.25, -0.2) is 0 Å². The summed E-state index contributed by atoms with van der Waals surface area (Å²) < 4.78 is 5.80. The van der Waals surface area contributed by atoms with Crippen LogP contribution in [-0.2, 0) is 4.52 Å². The molecule has 68 valence electrons. The van der Waals surface area contributed by atoms with Crippen molar-refractivity contribution in [3.8, 4) is 0 Å². The Hall–Kier alpha value is -0.130. The van der Waals surface area contributed by atoms with Crippen LogP contribution in [0.2, 0.25) is 0 Å². The van der Waals surface area contributed by atoms with E-state index in [0.29, 0.717) is 8.81 Å². The Kier molecular flexibility index (Phi) is 3.97. The van der Waals surface area contributed by atoms with E-state index in [1.54, 1.807) is 0 Å². The topological polar surface area (TPSA) is 9.23 Å². The number of hydrogen-bond donors (Lipinski definition) is 0. The average Bonchev–Trinajstić information content (AvgIpc) is 2.06. The highest BCUT2D eigenvalue weighted by Gasteiger charge is 2.20. The van der Waals surface area contributed by atoms with E-state index in [9.17, 15) is 0 Å². The van der Waals surface area contributed by atoms with Crippen molar-refractivity contribution in [3.05, 3.63) is 24.3 Å². The van der Waals surface area contributed by atoms with Gasteiger partial charge >= 0.3 is 0 Å². The molecular weight excluding hydrogens is 167 g/mol. The molecule has 0 heterocycles. The highest BCUT2D eigenvalue weighted by Crippen LogP contribution is 2.30. The molecule has 0 aromatic carbocycles. The lowest BCUT2D eigenvalue weighted by molar-refractivity contribution is 0.169. The molecular formula is C10H17OP. The standard InChI is InChI=1S/C10H17OP/c1-3-9-12-11-10(2)7-5-4-6-8-10/h4-7,12H,3,8-9H2,1-2H3. The third-order valence-electron chi connectivity index (χ3n) is 1.88. The fraction of sp³-hybridized carbons (Fsp3) is 0.600. The van der Waals surface area contributed by atoms with Crippen LogP contribution in [0.5, 0.6) is 0 Å². The molecule has 1 rings (SSSR count). The molecule has 2 unspecified atom stereocenters. The summed E-state index contributed by atoms with van der Waals surface area (Å²) >= 11 is 0. The smallest absolute Gasteiger partial charge is 0.0910 e. The van der Waals surface area contributed by atoms with Crippen molar-refractivity contribution in [2.24, 2.45) is 0 Å². The van der Waals surface area contributed by atoms with E-state index in [4.69, 9.17) is 4.52 Å². The quantitative estimate of drug-likeness (QED) is 0.481. The zero-order valence-electron chi connectivity index (χ0n) is 7.84. The summed E-state index contributed by atoms with van der Waals surface area (Å²) in [7, 11) is 0.649. The Morgan fingerprint density at radius 1 is 1.50 bits per heavy atom. The Morgan fingerprint density at radius 3 is 2.92 bits per heavy atom. The molecule has 0 bridgehead atoms. The molecule has 0 aromatic rings. The predicted octanol–water partition coefficient (Wildman–Crippen LogP) is 3.28. The second-order valence-corrected chi connectivity index (χ2v) is 4.29. The molecule has 0 aromatic heterocycles. The summed E-state index contributed by atoms with van der Waals surface area (Å²) in [4.78, 5) is 0. The van der Waals surface area contributed by atoms with E-state index in [0.717, 1.165) is 6.42 Å². The minimum Gasteiger partial charge on any atom is -0.352 e. The summed E-state index contributed by atoms with van der Waals surface area (Å²) in [6.45, 7) is 4.34. The number of rotatable bonds is 4. The van der Waals surface area contributed by atoms with Gasteiger partial charge in [0.1, 0.15) is 0 Å². The molecule has 0 amide bonds. The van der Waals surface area contributed by atoms with Gasteiger partial charge in [0.15, 0.2) is 0 Å². The normalized spacial score (nSPS) is 28.8. The molecule has 0 saturated carbocycles. The summed E-state index contributed by atoms with van der Waals surface area (Å²) in [6, 6.07) is 0. The minimum atomic E-state index is -0.0254. The van der Waals surface area contributed by atoms with Gasteiger partial charge in [-0.1, -0.05) is 37.6 Å². The Balaban J connectivity index is 2.29. The van der Waals surface area contributed by atoms with Gasteiger partial charge in [0.05, 0.1) is 5.60 Å². The van der Waals surface area contributed by atoms with E-state index < -0.39 is 0 Å². The first-order valence-corrected chi connectivity index (χ1v) is 5.63. The minimum absolute atomic E-state index is 0.0254. The van der Waals surface area contributed by atoms with Crippen molar-refractivity contribution in [1.82, 2.24) is 0 Å². The fourth-order valence-corrected chi connectivity index (χ4v) is 1.89. The van der Waals surface area contributed by atoms with Crippen molar-refractivity contribution < 1.29 is 4.52 Å². The van der Waals surface area contributed by atoms with Crippen LogP contribution < -0.4 is 0 Å². The van der Waals surface area contributed by atoms with Gasteiger partial charge in [-0.3, -0.25) is 0 Å². The molecule has 0 fully saturated rings. The summed E-state index contributed by atoms with van der Waals surface area (Å²) in [6.07, 6.45) is 11.9. The predicted molar refractivity (Wildman–Crippen MR) is 55.9 cm³/mol. The van der Waals surface area contributed by atoms with Crippen molar-refractivity contribution in [1.29, 1.82) is 0 Å². The number of allylic oxidation sites excluding steroid dienone is 2. The Bertz CT molecular complexity index is 186. The molecule has 0 saturated heterocycles. The largest absolute Gasteiger partial charge is 0.352 e. The van der Waals surface area contributed by atoms with Crippen LogP contribution in [0.1, 0.15) is 26.7 Å². The van der Waals surface area contributed by atoms with Gasteiger partial charge < -0.3 is 4.52 Å². The highest BCUT2D eigenvalue weighted by atomic mass is 31.1. The molecule has 2 atom stereocenters. The van der Waals surface area contributed by atoms with E-state index in [2.05, 4.69) is 38.2 Å². The molecule has 0 aliphatic heterocycles. The zero-order valence-corrected chi connectivity index (χ0v) is 8.84. The molecule has 2 heteroatoms. The van der Waals surface area contributed by atoms with Gasteiger partial charge in [-0.2, -0.15) is 0 Å². The summed E-state index contributed by atoms with van der Waals surface area (Å²) in [5.41, 5.74) is -0.0254. The van der Waals surface area contributed by atoms with Crippen LogP contribution >= 0.6 is 8.81 Å². The number of hydrogen-bond acceptors (Lipinski definition) is 1. The van der Waals surface area contributed by atoms with E-state index in [1.807, 2.05) is 0 Å². The van der Waals surface area contributed by atoms with Crippen molar-refractivity contribution in [3.63, 3.8) is 0 Å². The highest BCUT2D eigenvalue weighted by molar-refractivity contribution is 7.32. The van der Waals surface area contributed by atoms with Crippen LogP contribution in [0.3, 0.4) is 0 Å². The van der Waals surface area contributed by atoms with Gasteiger partial charge in [0.25, 0.3) is 0 Å². The lowest BCUT2D eigenvalue weighted by Crippen LogP contribution is -2.22. The van der Waals surface area contributed by atoms with Crippen LogP contribution in [0.25, 0.3) is 0 Å². The van der Waals surface area contributed by atoms with Gasteiger partial charge in [0.2, 0.25) is 0 Å². The van der Waals surface area contributed by atoms with Crippen LogP contribution in [0.4, 0.5) is 0 Å². The van der Waals surface area contributed by atoms with Gasteiger partial charge in [0, 0.05) is 8.81 Å². The monoisotopic (exact) mass is 184 g/mol. The molecule has 1 aliphatic carbocycles. The van der Waals surface area contributed by atoms with E-state index in [1.165, 1.54) is 12.6 Å². The van der Waals surface area contributed by atoms with Crippen molar-refractivity contribution >= 4 is 8.81 Å². The van der Waals surface area contributed by atoms with Gasteiger partial charge in [-0.15, -0.1) is 0 Å². The first kappa shape index (κ1) is 9.95. The van der Waals surface area contributed by atoms with Crippen molar-refractivity contribution in [2.75, 3.05) is 6.16 Å². The van der Waals surface area contributed by atoms with Gasteiger partial charge in [-0.05, 0) is 19.5 Å². The van der Waals surface area contributed by atoms with Crippen LogP contribution in [0, 0.1) is 0 Å². The molecule has 0 spiro atoms. The SMILES string of the molecule is CCCPOC1(C)C=CC=CC1. The second-order valence-electron chi connectivity index (χ2n) is 3.30. The van der Waals surface area contributed by atoms with E-state index in [-0.39, 0.29) is 5.60 Å². The zero-order chi connectivity index (χ0) is 8.86. The van der Waals surface area contributed by atoms with Crippen LogP contribution in [0.15, 0.2) is 24.3 Å². The van der Waals surface area contributed by atoms with E-state index >= 15 is 0 Å². The third-order valence-corrected chi connectivity index (χ3v) is 3.19. The summed E-state index contributed by atoms with van der Waals surface area (Å²) in [5.74, 6) is 0. The lowest BCUT2D eigenvalue weighted by atomic mass is 9.98. The van der Waals surface area contributed by atoms with Crippen LogP contribution in [-0.4, -0.2) is 11.8 Å². The Morgan fingerprint density at radius 2 is 2.33 bits per heavy atom.